The lowest BCUT2D eigenvalue weighted by atomic mass is 10.1. The second-order valence-electron chi connectivity index (χ2n) is 5.77. The number of ether oxygens (including phenoxy) is 1. The van der Waals surface area contributed by atoms with Crippen LogP contribution >= 0.6 is 0 Å². The van der Waals surface area contributed by atoms with Crippen molar-refractivity contribution < 1.29 is 4.74 Å². The molecule has 2 unspecified atom stereocenters. The molecule has 0 aromatic heterocycles. The second-order valence-corrected chi connectivity index (χ2v) is 5.77. The fourth-order valence-corrected chi connectivity index (χ4v) is 2.89. The molecule has 1 N–H and O–H groups in total. The molecule has 0 radical (unpaired) electrons. The molecule has 0 saturated carbocycles. The van der Waals surface area contributed by atoms with E-state index in [0.29, 0.717) is 12.1 Å². The second kappa shape index (κ2) is 8.40. The van der Waals surface area contributed by atoms with Crippen LogP contribution in [0.4, 0.5) is 0 Å². The van der Waals surface area contributed by atoms with Crippen LogP contribution in [0.1, 0.15) is 32.3 Å². The van der Waals surface area contributed by atoms with Gasteiger partial charge in [-0.1, -0.05) is 37.3 Å². The maximum Gasteiger partial charge on any atom is 0.0620 e. The summed E-state index contributed by atoms with van der Waals surface area (Å²) in [5.74, 6) is 0. The Labute approximate surface area is 123 Å². The Morgan fingerprint density at radius 1 is 1.35 bits per heavy atom. The summed E-state index contributed by atoms with van der Waals surface area (Å²) >= 11 is 0. The van der Waals surface area contributed by atoms with Crippen molar-refractivity contribution in [2.24, 2.45) is 0 Å². The number of rotatable bonds is 7. The highest BCUT2D eigenvalue weighted by Crippen LogP contribution is 2.14. The number of nitrogens with one attached hydrogen (secondary N) is 1. The molecule has 2 rings (SSSR count). The molecule has 1 heterocycles. The van der Waals surface area contributed by atoms with Gasteiger partial charge < -0.3 is 10.1 Å². The molecular weight excluding hydrogens is 248 g/mol. The van der Waals surface area contributed by atoms with E-state index >= 15 is 0 Å². The van der Waals surface area contributed by atoms with Crippen LogP contribution in [0.2, 0.25) is 0 Å². The lowest BCUT2D eigenvalue weighted by molar-refractivity contribution is 0.0608. The summed E-state index contributed by atoms with van der Waals surface area (Å²) in [5, 5.41) is 3.56. The minimum Gasteiger partial charge on any atom is -0.379 e. The van der Waals surface area contributed by atoms with Crippen molar-refractivity contribution >= 4 is 0 Å². The van der Waals surface area contributed by atoms with E-state index in [1.165, 1.54) is 12.0 Å². The van der Waals surface area contributed by atoms with Crippen molar-refractivity contribution in [1.82, 2.24) is 10.2 Å². The van der Waals surface area contributed by atoms with Crippen LogP contribution in [0, 0.1) is 0 Å². The highest BCUT2D eigenvalue weighted by Gasteiger charge is 2.20. The molecule has 0 spiro atoms. The molecule has 0 aliphatic carbocycles. The van der Waals surface area contributed by atoms with Gasteiger partial charge in [0.15, 0.2) is 0 Å². The summed E-state index contributed by atoms with van der Waals surface area (Å²) < 4.78 is 5.56. The average molecular weight is 276 g/mol. The molecule has 1 aliphatic rings. The largest absolute Gasteiger partial charge is 0.379 e. The number of morpholine rings is 1. The van der Waals surface area contributed by atoms with Crippen LogP contribution in [0.25, 0.3) is 0 Å². The highest BCUT2D eigenvalue weighted by molar-refractivity contribution is 5.14. The van der Waals surface area contributed by atoms with E-state index in [9.17, 15) is 0 Å². The zero-order valence-electron chi connectivity index (χ0n) is 12.8. The Kier molecular flexibility index (Phi) is 6.51. The molecule has 1 aromatic carbocycles. The maximum atomic E-state index is 5.56. The zero-order valence-corrected chi connectivity index (χ0v) is 12.8. The summed E-state index contributed by atoms with van der Waals surface area (Å²) in [4.78, 5) is 2.59. The van der Waals surface area contributed by atoms with Crippen molar-refractivity contribution in [2.75, 3.05) is 26.3 Å². The predicted molar refractivity (Wildman–Crippen MR) is 83.8 cm³/mol. The van der Waals surface area contributed by atoms with Crippen molar-refractivity contribution in [1.29, 1.82) is 0 Å². The van der Waals surface area contributed by atoms with E-state index in [1.807, 2.05) is 0 Å². The SMILES string of the molecule is CCCN(Cc1ccccc1)C(C)CC1COCCN1. The summed E-state index contributed by atoms with van der Waals surface area (Å²) in [6, 6.07) is 11.9. The molecule has 1 fully saturated rings. The summed E-state index contributed by atoms with van der Waals surface area (Å²) in [6.07, 6.45) is 2.36. The van der Waals surface area contributed by atoms with Gasteiger partial charge in [0.25, 0.3) is 0 Å². The quantitative estimate of drug-likeness (QED) is 0.828. The monoisotopic (exact) mass is 276 g/mol. The molecule has 1 saturated heterocycles. The van der Waals surface area contributed by atoms with E-state index in [4.69, 9.17) is 4.74 Å². The Bertz CT molecular complexity index is 363. The lowest BCUT2D eigenvalue weighted by Gasteiger charge is -2.33. The van der Waals surface area contributed by atoms with Gasteiger partial charge in [-0.2, -0.15) is 0 Å². The molecule has 20 heavy (non-hydrogen) atoms. The smallest absolute Gasteiger partial charge is 0.0620 e. The Hall–Kier alpha value is -0.900. The first-order valence-corrected chi connectivity index (χ1v) is 7.88. The van der Waals surface area contributed by atoms with Crippen LogP contribution in [-0.2, 0) is 11.3 Å². The van der Waals surface area contributed by atoms with Gasteiger partial charge in [-0.3, -0.25) is 4.90 Å². The molecule has 2 atom stereocenters. The van der Waals surface area contributed by atoms with Crippen molar-refractivity contribution in [3.63, 3.8) is 0 Å². The average Bonchev–Trinajstić information content (AvgIpc) is 2.49. The summed E-state index contributed by atoms with van der Waals surface area (Å²) in [7, 11) is 0. The third-order valence-electron chi connectivity index (χ3n) is 3.99. The van der Waals surface area contributed by atoms with Gasteiger partial charge in [0.1, 0.15) is 0 Å². The van der Waals surface area contributed by atoms with Gasteiger partial charge >= 0.3 is 0 Å². The van der Waals surface area contributed by atoms with Crippen molar-refractivity contribution in [2.45, 2.75) is 45.3 Å². The van der Waals surface area contributed by atoms with Crippen LogP contribution in [-0.4, -0.2) is 43.3 Å². The van der Waals surface area contributed by atoms with Gasteiger partial charge in [0.05, 0.1) is 13.2 Å². The minimum absolute atomic E-state index is 0.508. The molecule has 3 heteroatoms. The van der Waals surface area contributed by atoms with Crippen LogP contribution in [0.15, 0.2) is 30.3 Å². The van der Waals surface area contributed by atoms with E-state index in [2.05, 4.69) is 54.4 Å². The topological polar surface area (TPSA) is 24.5 Å². The minimum atomic E-state index is 0.508. The normalized spacial score (nSPS) is 21.1. The number of hydrogen-bond donors (Lipinski definition) is 1. The fraction of sp³-hybridized carbons (Fsp3) is 0.647. The molecule has 1 aliphatic heterocycles. The molecule has 0 bridgehead atoms. The van der Waals surface area contributed by atoms with Gasteiger partial charge in [-0.25, -0.2) is 0 Å². The lowest BCUT2D eigenvalue weighted by Crippen LogP contribution is -2.46. The van der Waals surface area contributed by atoms with E-state index in [0.717, 1.165) is 39.3 Å². The molecule has 3 nitrogen and oxygen atoms in total. The van der Waals surface area contributed by atoms with E-state index in [1.54, 1.807) is 0 Å². The van der Waals surface area contributed by atoms with Crippen LogP contribution in [0.3, 0.4) is 0 Å². The van der Waals surface area contributed by atoms with Crippen molar-refractivity contribution in [3.05, 3.63) is 35.9 Å². The Balaban J connectivity index is 1.89. The third kappa shape index (κ3) is 4.89. The molecule has 112 valence electrons. The predicted octanol–water partition coefficient (Wildman–Crippen LogP) is 2.67. The number of benzene rings is 1. The van der Waals surface area contributed by atoms with E-state index < -0.39 is 0 Å². The number of hydrogen-bond acceptors (Lipinski definition) is 3. The van der Waals surface area contributed by atoms with Gasteiger partial charge in [0, 0.05) is 25.2 Å². The molecule has 1 aromatic rings. The third-order valence-corrected chi connectivity index (χ3v) is 3.99. The van der Waals surface area contributed by atoms with Gasteiger partial charge in [0.2, 0.25) is 0 Å². The Morgan fingerprint density at radius 3 is 2.80 bits per heavy atom. The molecular formula is C17H28N2O. The first-order chi connectivity index (χ1) is 9.79. The maximum absolute atomic E-state index is 5.56. The standard InChI is InChI=1S/C17H28N2O/c1-3-10-19(13-16-7-5-4-6-8-16)15(2)12-17-14-20-11-9-18-17/h4-8,15,17-18H,3,9-14H2,1-2H3. The van der Waals surface area contributed by atoms with Crippen molar-refractivity contribution in [3.8, 4) is 0 Å². The fourth-order valence-electron chi connectivity index (χ4n) is 2.89. The van der Waals surface area contributed by atoms with Gasteiger partial charge in [-0.15, -0.1) is 0 Å². The molecule has 0 amide bonds. The van der Waals surface area contributed by atoms with Crippen LogP contribution in [0.5, 0.6) is 0 Å². The summed E-state index contributed by atoms with van der Waals surface area (Å²) in [5.41, 5.74) is 1.40. The summed E-state index contributed by atoms with van der Waals surface area (Å²) in [6.45, 7) is 9.50. The van der Waals surface area contributed by atoms with Gasteiger partial charge in [-0.05, 0) is 31.9 Å². The first-order valence-electron chi connectivity index (χ1n) is 7.88. The first kappa shape index (κ1) is 15.5. The highest BCUT2D eigenvalue weighted by atomic mass is 16.5. The number of nitrogens with zero attached hydrogens (tertiary/aromatic N) is 1. The zero-order chi connectivity index (χ0) is 14.2. The Morgan fingerprint density at radius 2 is 2.15 bits per heavy atom. The van der Waals surface area contributed by atoms with E-state index in [-0.39, 0.29) is 0 Å². The van der Waals surface area contributed by atoms with Crippen LogP contribution < -0.4 is 5.32 Å².